The summed E-state index contributed by atoms with van der Waals surface area (Å²) in [5.41, 5.74) is 2.47. The molecular weight excluding hydrogens is 377 g/mol. The zero-order valence-electron chi connectivity index (χ0n) is 15.6. The number of hydrogen-bond donors (Lipinski definition) is 2. The third-order valence-electron chi connectivity index (χ3n) is 4.47. The molecule has 0 atom stereocenters. The van der Waals surface area contributed by atoms with Gasteiger partial charge in [-0.2, -0.15) is 0 Å². The van der Waals surface area contributed by atoms with E-state index >= 15 is 0 Å². The molecule has 2 aromatic rings. The van der Waals surface area contributed by atoms with Gasteiger partial charge in [-0.25, -0.2) is 4.39 Å². The number of carbonyl (C=O) groups excluding carboxylic acids is 2. The van der Waals surface area contributed by atoms with E-state index in [0.29, 0.717) is 5.69 Å². The Hall–Kier alpha value is -2.54. The average molecular weight is 402 g/mol. The fourth-order valence-corrected chi connectivity index (χ4v) is 3.69. The molecule has 0 radical (unpaired) electrons. The molecule has 1 heterocycles. The molecule has 28 heavy (non-hydrogen) atoms. The van der Waals surface area contributed by atoms with Gasteiger partial charge in [-0.1, -0.05) is 0 Å². The standard InChI is InChI=1S/C21H24FN3O2S/c22-16-4-6-17(7-5-16)23-20(26)14-28-15-21(27)24-18-8-10-19(11-9-18)25-12-2-1-3-13-25/h4-11H,1-3,12-15H2,(H,23,26)(H,24,27). The number of anilines is 3. The van der Waals surface area contributed by atoms with Gasteiger partial charge in [-0.15, -0.1) is 11.8 Å². The van der Waals surface area contributed by atoms with E-state index in [4.69, 9.17) is 0 Å². The second kappa shape index (κ2) is 10.1. The Morgan fingerprint density at radius 2 is 1.32 bits per heavy atom. The zero-order chi connectivity index (χ0) is 19.8. The number of amides is 2. The number of thioether (sulfide) groups is 1. The summed E-state index contributed by atoms with van der Waals surface area (Å²) in [7, 11) is 0. The van der Waals surface area contributed by atoms with Crippen LogP contribution >= 0.6 is 11.8 Å². The summed E-state index contributed by atoms with van der Waals surface area (Å²) in [5, 5.41) is 5.52. The van der Waals surface area contributed by atoms with Gasteiger partial charge in [-0.3, -0.25) is 9.59 Å². The van der Waals surface area contributed by atoms with Crippen LogP contribution in [0.15, 0.2) is 48.5 Å². The Kier molecular flexibility index (Phi) is 7.31. The minimum atomic E-state index is -0.354. The lowest BCUT2D eigenvalue weighted by molar-refractivity contribution is -0.114. The first-order chi connectivity index (χ1) is 13.6. The highest BCUT2D eigenvalue weighted by Gasteiger charge is 2.11. The van der Waals surface area contributed by atoms with E-state index in [1.165, 1.54) is 61.0 Å². The Morgan fingerprint density at radius 3 is 1.86 bits per heavy atom. The molecule has 0 spiro atoms. The number of benzene rings is 2. The fraction of sp³-hybridized carbons (Fsp3) is 0.333. The molecule has 2 aromatic carbocycles. The van der Waals surface area contributed by atoms with Crippen molar-refractivity contribution in [1.82, 2.24) is 0 Å². The summed E-state index contributed by atoms with van der Waals surface area (Å²) in [6, 6.07) is 13.5. The van der Waals surface area contributed by atoms with E-state index in [1.807, 2.05) is 24.3 Å². The van der Waals surface area contributed by atoms with E-state index in [2.05, 4.69) is 15.5 Å². The molecule has 0 aromatic heterocycles. The Balaban J connectivity index is 1.38. The van der Waals surface area contributed by atoms with Crippen molar-refractivity contribution in [2.45, 2.75) is 19.3 Å². The zero-order valence-corrected chi connectivity index (χ0v) is 16.4. The van der Waals surface area contributed by atoms with Gasteiger partial charge in [0.05, 0.1) is 11.5 Å². The lowest BCUT2D eigenvalue weighted by Crippen LogP contribution is -2.29. The highest BCUT2D eigenvalue weighted by Crippen LogP contribution is 2.22. The molecule has 2 N–H and O–H groups in total. The molecule has 0 saturated carbocycles. The molecule has 0 aliphatic carbocycles. The molecule has 2 amide bonds. The summed E-state index contributed by atoms with van der Waals surface area (Å²) >= 11 is 1.23. The van der Waals surface area contributed by atoms with Gasteiger partial charge in [0.25, 0.3) is 0 Å². The van der Waals surface area contributed by atoms with Crippen molar-refractivity contribution >= 4 is 40.6 Å². The summed E-state index contributed by atoms with van der Waals surface area (Å²) in [5.74, 6) is -0.391. The van der Waals surface area contributed by atoms with Crippen LogP contribution in [0.4, 0.5) is 21.5 Å². The van der Waals surface area contributed by atoms with Crippen LogP contribution in [-0.4, -0.2) is 36.4 Å². The minimum absolute atomic E-state index is 0.148. The third-order valence-corrected chi connectivity index (χ3v) is 5.40. The van der Waals surface area contributed by atoms with Crippen molar-refractivity contribution in [2.75, 3.05) is 40.1 Å². The first kappa shape index (κ1) is 20.2. The van der Waals surface area contributed by atoms with Crippen LogP contribution in [0.5, 0.6) is 0 Å². The molecule has 1 aliphatic rings. The predicted octanol–water partition coefficient (Wildman–Crippen LogP) is 4.13. The Bertz CT molecular complexity index is 790. The largest absolute Gasteiger partial charge is 0.372 e. The SMILES string of the molecule is O=C(CSCC(=O)Nc1ccc(N2CCCCC2)cc1)Nc1ccc(F)cc1. The van der Waals surface area contributed by atoms with Crippen LogP contribution in [0.1, 0.15) is 19.3 Å². The van der Waals surface area contributed by atoms with E-state index in [-0.39, 0.29) is 29.1 Å². The van der Waals surface area contributed by atoms with Crippen molar-refractivity contribution in [2.24, 2.45) is 0 Å². The molecule has 5 nitrogen and oxygen atoms in total. The van der Waals surface area contributed by atoms with E-state index in [9.17, 15) is 14.0 Å². The monoisotopic (exact) mass is 401 g/mol. The number of hydrogen-bond acceptors (Lipinski definition) is 4. The Morgan fingerprint density at radius 1 is 0.821 bits per heavy atom. The normalized spacial score (nSPS) is 13.8. The first-order valence-electron chi connectivity index (χ1n) is 9.38. The quantitative estimate of drug-likeness (QED) is 0.732. The molecule has 7 heteroatoms. The van der Waals surface area contributed by atoms with Crippen LogP contribution in [0, 0.1) is 5.82 Å². The smallest absolute Gasteiger partial charge is 0.234 e. The molecule has 3 rings (SSSR count). The van der Waals surface area contributed by atoms with Gasteiger partial charge in [0.2, 0.25) is 11.8 Å². The molecule has 148 valence electrons. The van der Waals surface area contributed by atoms with Crippen molar-refractivity contribution in [3.05, 3.63) is 54.3 Å². The number of carbonyl (C=O) groups is 2. The number of nitrogens with zero attached hydrogens (tertiary/aromatic N) is 1. The van der Waals surface area contributed by atoms with Gasteiger partial charge in [0.15, 0.2) is 0 Å². The number of piperidine rings is 1. The van der Waals surface area contributed by atoms with Crippen molar-refractivity contribution < 1.29 is 14.0 Å². The Labute approximate surface area is 168 Å². The van der Waals surface area contributed by atoms with Gasteiger partial charge < -0.3 is 15.5 Å². The van der Waals surface area contributed by atoms with Gasteiger partial charge >= 0.3 is 0 Å². The van der Waals surface area contributed by atoms with Crippen LogP contribution in [0.25, 0.3) is 0 Å². The number of halogens is 1. The fourth-order valence-electron chi connectivity index (χ4n) is 3.07. The lowest BCUT2D eigenvalue weighted by atomic mass is 10.1. The molecule has 1 fully saturated rings. The van der Waals surface area contributed by atoms with Crippen LogP contribution < -0.4 is 15.5 Å². The lowest BCUT2D eigenvalue weighted by Gasteiger charge is -2.28. The van der Waals surface area contributed by atoms with Crippen LogP contribution in [0.2, 0.25) is 0 Å². The maximum Gasteiger partial charge on any atom is 0.234 e. The molecular formula is C21H24FN3O2S. The summed E-state index contributed by atoms with van der Waals surface area (Å²) in [4.78, 5) is 26.3. The maximum absolute atomic E-state index is 12.8. The average Bonchev–Trinajstić information content (AvgIpc) is 2.71. The highest BCUT2D eigenvalue weighted by atomic mass is 32.2. The van der Waals surface area contributed by atoms with Crippen molar-refractivity contribution in [3.8, 4) is 0 Å². The van der Waals surface area contributed by atoms with Crippen molar-refractivity contribution in [3.63, 3.8) is 0 Å². The third kappa shape index (κ3) is 6.27. The minimum Gasteiger partial charge on any atom is -0.372 e. The van der Waals surface area contributed by atoms with Gasteiger partial charge in [0.1, 0.15) is 5.82 Å². The topological polar surface area (TPSA) is 61.4 Å². The van der Waals surface area contributed by atoms with E-state index in [1.54, 1.807) is 0 Å². The van der Waals surface area contributed by atoms with Gasteiger partial charge in [0, 0.05) is 30.2 Å². The maximum atomic E-state index is 12.8. The summed E-state index contributed by atoms with van der Waals surface area (Å²) in [6.07, 6.45) is 3.75. The van der Waals surface area contributed by atoms with Crippen LogP contribution in [-0.2, 0) is 9.59 Å². The van der Waals surface area contributed by atoms with E-state index in [0.717, 1.165) is 18.8 Å². The number of nitrogens with one attached hydrogen (secondary N) is 2. The second-order valence-corrected chi connectivity index (χ2v) is 7.68. The predicted molar refractivity (Wildman–Crippen MR) is 113 cm³/mol. The molecule has 0 unspecified atom stereocenters. The first-order valence-corrected chi connectivity index (χ1v) is 10.5. The van der Waals surface area contributed by atoms with E-state index < -0.39 is 0 Å². The second-order valence-electron chi connectivity index (χ2n) is 6.69. The highest BCUT2D eigenvalue weighted by molar-refractivity contribution is 8.00. The van der Waals surface area contributed by atoms with Gasteiger partial charge in [-0.05, 0) is 67.8 Å². The summed E-state index contributed by atoms with van der Waals surface area (Å²) < 4.78 is 12.8. The summed E-state index contributed by atoms with van der Waals surface area (Å²) in [6.45, 7) is 2.17. The number of rotatable bonds is 7. The molecule has 0 bridgehead atoms. The molecule has 1 saturated heterocycles. The molecule has 1 aliphatic heterocycles. The van der Waals surface area contributed by atoms with Crippen LogP contribution in [0.3, 0.4) is 0 Å². The van der Waals surface area contributed by atoms with Crippen molar-refractivity contribution in [1.29, 1.82) is 0 Å².